The molecule has 3 aliphatic heterocycles. The van der Waals surface area contributed by atoms with Crippen molar-refractivity contribution in [1.29, 1.82) is 0 Å². The first-order chi connectivity index (χ1) is 18.0. The van der Waals surface area contributed by atoms with E-state index in [9.17, 15) is 24.3 Å². The van der Waals surface area contributed by atoms with Crippen molar-refractivity contribution < 1.29 is 48.0 Å². The van der Waals surface area contributed by atoms with E-state index < -0.39 is 81.2 Å². The Labute approximate surface area is 227 Å². The summed E-state index contributed by atoms with van der Waals surface area (Å²) in [6.45, 7) is 19.9. The summed E-state index contributed by atoms with van der Waals surface area (Å²) in [5, 5.41) is 12.3. The van der Waals surface area contributed by atoms with Crippen molar-refractivity contribution in [1.82, 2.24) is 0 Å². The Bertz CT molecular complexity index is 1260. The number of carbonyl (C=O) groups excluding carboxylic acids is 4. The van der Waals surface area contributed by atoms with Gasteiger partial charge in [-0.1, -0.05) is 26.2 Å². The predicted molar refractivity (Wildman–Crippen MR) is 135 cm³/mol. The highest BCUT2D eigenvalue weighted by molar-refractivity contribution is 5.96. The highest BCUT2D eigenvalue weighted by Gasteiger charge is 2.90. The number of fused-ring (bicyclic) bond motifs is 2. The summed E-state index contributed by atoms with van der Waals surface area (Å²) in [7, 11) is 0. The lowest BCUT2D eigenvalue weighted by atomic mass is 9.33. The van der Waals surface area contributed by atoms with Crippen molar-refractivity contribution >= 4 is 23.9 Å². The van der Waals surface area contributed by atoms with Gasteiger partial charge in [-0.2, -0.15) is 0 Å². The molecule has 0 aromatic heterocycles. The number of carbonyl (C=O) groups is 4. The van der Waals surface area contributed by atoms with Crippen molar-refractivity contribution in [2.45, 2.75) is 90.0 Å². The maximum absolute atomic E-state index is 14.1. The van der Waals surface area contributed by atoms with Gasteiger partial charge >= 0.3 is 23.9 Å². The van der Waals surface area contributed by atoms with Gasteiger partial charge in [-0.25, -0.2) is 4.79 Å². The largest absolute Gasteiger partial charge is 0.461 e. The van der Waals surface area contributed by atoms with Crippen LogP contribution in [-0.4, -0.2) is 70.7 Å². The van der Waals surface area contributed by atoms with E-state index in [0.717, 1.165) is 0 Å². The average molecular weight is 545 g/mol. The molecule has 2 saturated heterocycles. The summed E-state index contributed by atoms with van der Waals surface area (Å²) < 4.78 is 30.1. The normalized spacial score (nSPS) is 47.6. The molecule has 4 fully saturated rings. The summed E-state index contributed by atoms with van der Waals surface area (Å²) in [6.07, 6.45) is -0.842. The van der Waals surface area contributed by atoms with E-state index in [1.165, 1.54) is 19.9 Å². The smallest absolute Gasteiger partial charge is 0.331 e. The third-order valence-electron chi connectivity index (χ3n) is 10.4. The van der Waals surface area contributed by atoms with Crippen LogP contribution in [0.15, 0.2) is 36.5 Å². The molecule has 1 N–H and O–H groups in total. The van der Waals surface area contributed by atoms with E-state index in [0.29, 0.717) is 5.57 Å². The standard InChI is InChI=1S/C29H36O10/c1-10-35-29-16(4)27(12-11-19(32)38-24(27,6)7)13-18(31)26(29,9)28-15(3)25(8,22(29)37-17(5)30)39-21(33)20(28)14(2)36-23(28)34/h11-12,14,18,20,22,31H,3-4,10,13H2,1-2,5-9H3/t14-,18-,20?,22-,25+,26-,27+,28+,29?/m0/s1. The van der Waals surface area contributed by atoms with E-state index >= 15 is 0 Å². The van der Waals surface area contributed by atoms with E-state index in [-0.39, 0.29) is 18.6 Å². The van der Waals surface area contributed by atoms with E-state index in [2.05, 4.69) is 13.2 Å². The summed E-state index contributed by atoms with van der Waals surface area (Å²) in [5.41, 5.74) is -9.09. The second-order valence-corrected chi connectivity index (χ2v) is 12.2. The lowest BCUT2D eigenvalue weighted by Gasteiger charge is -2.74. The topological polar surface area (TPSA) is 135 Å². The monoisotopic (exact) mass is 544 g/mol. The summed E-state index contributed by atoms with van der Waals surface area (Å²) in [5.74, 6) is -3.90. The van der Waals surface area contributed by atoms with Gasteiger partial charge in [-0.05, 0) is 52.2 Å². The number of hydrogen-bond donors (Lipinski definition) is 1. The van der Waals surface area contributed by atoms with Crippen LogP contribution in [0.5, 0.6) is 0 Å². The van der Waals surface area contributed by atoms with Gasteiger partial charge in [0.25, 0.3) is 0 Å². The molecule has 0 radical (unpaired) electrons. The first-order valence-electron chi connectivity index (χ1n) is 13.2. The molecule has 2 unspecified atom stereocenters. The molecule has 212 valence electrons. The van der Waals surface area contributed by atoms with Crippen LogP contribution in [0.25, 0.3) is 0 Å². The van der Waals surface area contributed by atoms with E-state index in [1.54, 1.807) is 40.7 Å². The van der Waals surface area contributed by atoms with Crippen molar-refractivity contribution in [2.75, 3.05) is 6.61 Å². The molecule has 5 rings (SSSR count). The van der Waals surface area contributed by atoms with Crippen LogP contribution in [0.1, 0.15) is 54.9 Å². The third-order valence-corrected chi connectivity index (χ3v) is 10.4. The number of ether oxygens (including phenoxy) is 5. The van der Waals surface area contributed by atoms with E-state index in [4.69, 9.17) is 23.7 Å². The second kappa shape index (κ2) is 7.81. The van der Waals surface area contributed by atoms with Crippen LogP contribution in [0, 0.1) is 22.2 Å². The fourth-order valence-electron chi connectivity index (χ4n) is 8.64. The zero-order valence-corrected chi connectivity index (χ0v) is 23.4. The molecule has 39 heavy (non-hydrogen) atoms. The minimum atomic E-state index is -1.84. The molecule has 2 saturated carbocycles. The predicted octanol–water partition coefficient (Wildman–Crippen LogP) is 2.33. The fourth-order valence-corrected chi connectivity index (χ4v) is 8.64. The average Bonchev–Trinajstić information content (AvgIpc) is 3.09. The quantitative estimate of drug-likeness (QED) is 0.320. The van der Waals surface area contributed by atoms with Crippen LogP contribution in [0.4, 0.5) is 0 Å². The van der Waals surface area contributed by atoms with Gasteiger partial charge in [-0.15, -0.1) is 0 Å². The number of aliphatic hydroxyl groups excluding tert-OH is 1. The third kappa shape index (κ3) is 2.70. The maximum Gasteiger partial charge on any atom is 0.331 e. The minimum Gasteiger partial charge on any atom is -0.461 e. The van der Waals surface area contributed by atoms with Gasteiger partial charge in [0.2, 0.25) is 0 Å². The number of rotatable bonds is 3. The fraction of sp³-hybridized carbons (Fsp3) is 0.655. The molecule has 9 atom stereocenters. The minimum absolute atomic E-state index is 0.0426. The summed E-state index contributed by atoms with van der Waals surface area (Å²) in [4.78, 5) is 52.8. The molecular weight excluding hydrogens is 508 g/mol. The van der Waals surface area contributed by atoms with Crippen LogP contribution in [0.2, 0.25) is 0 Å². The Kier molecular flexibility index (Phi) is 5.53. The van der Waals surface area contributed by atoms with Crippen LogP contribution >= 0.6 is 0 Å². The first-order valence-corrected chi connectivity index (χ1v) is 13.2. The van der Waals surface area contributed by atoms with Gasteiger partial charge in [0.1, 0.15) is 28.6 Å². The molecule has 0 aromatic carbocycles. The molecule has 0 aromatic rings. The Balaban J connectivity index is 1.95. The van der Waals surface area contributed by atoms with Gasteiger partial charge in [0.15, 0.2) is 11.7 Å². The lowest BCUT2D eigenvalue weighted by Crippen LogP contribution is -2.86. The van der Waals surface area contributed by atoms with Crippen LogP contribution in [0.3, 0.4) is 0 Å². The first kappa shape index (κ1) is 27.6. The molecule has 0 amide bonds. The molecule has 10 heteroatoms. The number of hydrogen-bond acceptors (Lipinski definition) is 10. The SMILES string of the molecule is C=C1[C@]23C(=O)O[C@@H](C)C2C(=O)O[C@@]1(C)[C@H](OC(C)=O)C1(OCC)C(=C)[C@@]2(C=CC(=O)OC2(C)C)C[C@H](O)[C@]13C. The summed E-state index contributed by atoms with van der Waals surface area (Å²) >= 11 is 0. The van der Waals surface area contributed by atoms with Crippen LogP contribution < -0.4 is 0 Å². The Hall–Kier alpha value is -2.98. The second-order valence-electron chi connectivity index (χ2n) is 12.2. The van der Waals surface area contributed by atoms with Gasteiger partial charge in [0.05, 0.1) is 16.9 Å². The lowest BCUT2D eigenvalue weighted by molar-refractivity contribution is -0.326. The van der Waals surface area contributed by atoms with Crippen LogP contribution in [-0.2, 0) is 42.9 Å². The van der Waals surface area contributed by atoms with Crippen molar-refractivity contribution in [3.8, 4) is 0 Å². The molecule has 2 aliphatic carbocycles. The maximum atomic E-state index is 14.1. The molecule has 10 nitrogen and oxygen atoms in total. The highest BCUT2D eigenvalue weighted by Crippen LogP contribution is 2.78. The molecular formula is C29H36O10. The Morgan fingerprint density at radius 2 is 1.77 bits per heavy atom. The molecule has 2 spiro atoms. The van der Waals surface area contributed by atoms with Gasteiger partial charge in [-0.3, -0.25) is 14.4 Å². The van der Waals surface area contributed by atoms with Gasteiger partial charge in [0, 0.05) is 19.6 Å². The Morgan fingerprint density at radius 3 is 2.33 bits per heavy atom. The molecule has 5 aliphatic rings. The highest BCUT2D eigenvalue weighted by atomic mass is 16.6. The number of aliphatic hydroxyl groups is 1. The number of esters is 4. The van der Waals surface area contributed by atoms with Gasteiger partial charge < -0.3 is 28.8 Å². The van der Waals surface area contributed by atoms with Crippen molar-refractivity contribution in [2.24, 2.45) is 22.2 Å². The zero-order valence-electron chi connectivity index (χ0n) is 23.4. The van der Waals surface area contributed by atoms with E-state index in [1.807, 2.05) is 0 Å². The number of cyclic esters (lactones) is 2. The Morgan fingerprint density at radius 1 is 1.13 bits per heavy atom. The zero-order chi connectivity index (χ0) is 29.1. The van der Waals surface area contributed by atoms with Crippen molar-refractivity contribution in [3.63, 3.8) is 0 Å². The van der Waals surface area contributed by atoms with Crippen molar-refractivity contribution in [3.05, 3.63) is 36.5 Å². The molecule has 3 heterocycles. The molecule has 2 bridgehead atoms. The summed E-state index contributed by atoms with van der Waals surface area (Å²) in [6, 6.07) is 0.